The number of hydrogen-bond donors (Lipinski definition) is 0. The fourth-order valence-corrected chi connectivity index (χ4v) is 4.93. The molecular formula is C26H27BrN2O3. The van der Waals surface area contributed by atoms with Crippen LogP contribution in [0.2, 0.25) is 0 Å². The second-order valence-electron chi connectivity index (χ2n) is 8.55. The number of carbonyl (C=O) groups is 1. The van der Waals surface area contributed by atoms with E-state index in [9.17, 15) is 4.79 Å². The standard InChI is InChI=1S/C26H27BrN2O3/c27-21-11-8-19(9-12-21)16-28-14-4-7-23(28)17-29(22-5-2-1-3-6-22)26(30)20-10-13-24-25(15-20)32-18-31-24/h4,7-15,22H,1-3,5-6,16-18H2. The van der Waals surface area contributed by atoms with Crippen LogP contribution in [-0.4, -0.2) is 28.2 Å². The normalized spacial score (nSPS) is 15.7. The Morgan fingerprint density at radius 1 is 1.00 bits per heavy atom. The first-order valence-corrected chi connectivity index (χ1v) is 12.1. The van der Waals surface area contributed by atoms with E-state index in [1.807, 2.05) is 18.2 Å². The zero-order chi connectivity index (χ0) is 21.9. The first-order chi connectivity index (χ1) is 15.7. The summed E-state index contributed by atoms with van der Waals surface area (Å²) >= 11 is 3.50. The number of nitrogens with zero attached hydrogens (tertiary/aromatic N) is 2. The van der Waals surface area contributed by atoms with Gasteiger partial charge in [0.25, 0.3) is 5.91 Å². The summed E-state index contributed by atoms with van der Waals surface area (Å²) in [6.45, 7) is 1.59. The molecule has 2 aliphatic rings. The number of fused-ring (bicyclic) bond motifs is 1. The first-order valence-electron chi connectivity index (χ1n) is 11.3. The van der Waals surface area contributed by atoms with Crippen molar-refractivity contribution in [3.8, 4) is 11.5 Å². The van der Waals surface area contributed by atoms with Crippen molar-refractivity contribution >= 4 is 21.8 Å². The molecule has 6 heteroatoms. The van der Waals surface area contributed by atoms with Gasteiger partial charge in [0.05, 0.1) is 6.54 Å². The quantitative estimate of drug-likeness (QED) is 0.421. The Morgan fingerprint density at radius 3 is 2.59 bits per heavy atom. The molecule has 5 rings (SSSR count). The van der Waals surface area contributed by atoms with Gasteiger partial charge in [0.15, 0.2) is 11.5 Å². The molecule has 2 aromatic carbocycles. The van der Waals surface area contributed by atoms with Gasteiger partial charge in [0.1, 0.15) is 0 Å². The topological polar surface area (TPSA) is 43.7 Å². The molecule has 1 aliphatic carbocycles. The summed E-state index contributed by atoms with van der Waals surface area (Å²) < 4.78 is 14.3. The minimum absolute atomic E-state index is 0.0617. The molecule has 166 valence electrons. The summed E-state index contributed by atoms with van der Waals surface area (Å²) in [6.07, 6.45) is 7.82. The van der Waals surface area contributed by atoms with E-state index in [4.69, 9.17) is 9.47 Å². The monoisotopic (exact) mass is 494 g/mol. The Hall–Kier alpha value is -2.73. The minimum atomic E-state index is 0.0617. The van der Waals surface area contributed by atoms with Crippen LogP contribution >= 0.6 is 15.9 Å². The van der Waals surface area contributed by atoms with Crippen LogP contribution in [0.25, 0.3) is 0 Å². The maximum absolute atomic E-state index is 13.7. The lowest BCUT2D eigenvalue weighted by Gasteiger charge is -2.35. The highest BCUT2D eigenvalue weighted by molar-refractivity contribution is 9.10. The van der Waals surface area contributed by atoms with E-state index in [1.165, 1.54) is 24.8 Å². The maximum Gasteiger partial charge on any atom is 0.254 e. The number of rotatable bonds is 6. The molecule has 0 unspecified atom stereocenters. The number of hydrogen-bond acceptors (Lipinski definition) is 3. The third kappa shape index (κ3) is 4.56. The number of carbonyl (C=O) groups excluding carboxylic acids is 1. The average Bonchev–Trinajstić information content (AvgIpc) is 3.48. The molecule has 0 N–H and O–H groups in total. The van der Waals surface area contributed by atoms with Gasteiger partial charge in [-0.3, -0.25) is 4.79 Å². The van der Waals surface area contributed by atoms with Gasteiger partial charge in [0, 0.05) is 34.5 Å². The van der Waals surface area contributed by atoms with Crippen molar-refractivity contribution in [3.63, 3.8) is 0 Å². The summed E-state index contributed by atoms with van der Waals surface area (Å²) in [5.74, 6) is 1.42. The van der Waals surface area contributed by atoms with Gasteiger partial charge < -0.3 is 18.9 Å². The molecule has 0 saturated heterocycles. The smallest absolute Gasteiger partial charge is 0.254 e. The van der Waals surface area contributed by atoms with Crippen molar-refractivity contribution in [1.82, 2.24) is 9.47 Å². The number of aromatic nitrogens is 1. The molecule has 0 spiro atoms. The minimum Gasteiger partial charge on any atom is -0.454 e. The van der Waals surface area contributed by atoms with Gasteiger partial charge in [-0.2, -0.15) is 0 Å². The van der Waals surface area contributed by atoms with Crippen molar-refractivity contribution in [2.45, 2.75) is 51.2 Å². The largest absolute Gasteiger partial charge is 0.454 e. The fourth-order valence-electron chi connectivity index (χ4n) is 4.66. The molecule has 1 aromatic heterocycles. The van der Waals surface area contributed by atoms with Crippen LogP contribution in [0.1, 0.15) is 53.7 Å². The lowest BCUT2D eigenvalue weighted by molar-refractivity contribution is 0.0608. The summed E-state index contributed by atoms with van der Waals surface area (Å²) in [7, 11) is 0. The Bertz CT molecular complexity index is 1090. The van der Waals surface area contributed by atoms with Crippen LogP contribution in [0, 0.1) is 0 Å². The van der Waals surface area contributed by atoms with Gasteiger partial charge in [-0.15, -0.1) is 0 Å². The van der Waals surface area contributed by atoms with Crippen molar-refractivity contribution in [2.75, 3.05) is 6.79 Å². The van der Waals surface area contributed by atoms with Crippen molar-refractivity contribution < 1.29 is 14.3 Å². The summed E-state index contributed by atoms with van der Waals surface area (Å²) in [4.78, 5) is 15.8. The van der Waals surface area contributed by atoms with Crippen molar-refractivity contribution in [3.05, 3.63) is 82.1 Å². The number of halogens is 1. The SMILES string of the molecule is O=C(c1ccc2c(c1)OCO2)N(Cc1cccn1Cc1ccc(Br)cc1)C1CCCCC1. The summed E-state index contributed by atoms with van der Waals surface area (Å²) in [6, 6.07) is 18.4. The third-order valence-electron chi connectivity index (χ3n) is 6.42. The molecule has 3 aromatic rings. The molecule has 32 heavy (non-hydrogen) atoms. The molecule has 0 bridgehead atoms. The fraction of sp³-hybridized carbons (Fsp3) is 0.346. The number of ether oxygens (including phenoxy) is 2. The van der Waals surface area contributed by atoms with E-state index < -0.39 is 0 Å². The van der Waals surface area contributed by atoms with Crippen LogP contribution in [0.4, 0.5) is 0 Å². The molecule has 1 aliphatic heterocycles. The van der Waals surface area contributed by atoms with Gasteiger partial charge in [-0.25, -0.2) is 0 Å². The Balaban J connectivity index is 1.40. The summed E-state index contributed by atoms with van der Waals surface area (Å²) in [5.41, 5.74) is 3.04. The van der Waals surface area contributed by atoms with Crippen LogP contribution in [0.5, 0.6) is 11.5 Å². The average molecular weight is 495 g/mol. The van der Waals surface area contributed by atoms with E-state index >= 15 is 0 Å². The Morgan fingerprint density at radius 2 is 1.78 bits per heavy atom. The third-order valence-corrected chi connectivity index (χ3v) is 6.95. The Labute approximate surface area is 197 Å². The highest BCUT2D eigenvalue weighted by atomic mass is 79.9. The molecule has 5 nitrogen and oxygen atoms in total. The number of benzene rings is 2. The van der Waals surface area contributed by atoms with E-state index in [2.05, 4.69) is 68.0 Å². The zero-order valence-corrected chi connectivity index (χ0v) is 19.6. The lowest BCUT2D eigenvalue weighted by atomic mass is 9.93. The molecular weight excluding hydrogens is 468 g/mol. The maximum atomic E-state index is 13.7. The zero-order valence-electron chi connectivity index (χ0n) is 18.0. The molecule has 2 heterocycles. The lowest BCUT2D eigenvalue weighted by Crippen LogP contribution is -2.41. The molecule has 1 amide bonds. The van der Waals surface area contributed by atoms with Crippen LogP contribution in [-0.2, 0) is 13.1 Å². The predicted molar refractivity (Wildman–Crippen MR) is 127 cm³/mol. The van der Waals surface area contributed by atoms with E-state index in [1.54, 1.807) is 0 Å². The van der Waals surface area contributed by atoms with Crippen LogP contribution in [0.15, 0.2) is 65.3 Å². The van der Waals surface area contributed by atoms with E-state index in [0.717, 1.165) is 29.6 Å². The Kier molecular flexibility index (Phi) is 6.21. The number of amides is 1. The van der Waals surface area contributed by atoms with E-state index in [0.29, 0.717) is 23.6 Å². The van der Waals surface area contributed by atoms with Gasteiger partial charge >= 0.3 is 0 Å². The van der Waals surface area contributed by atoms with Gasteiger partial charge in [0.2, 0.25) is 6.79 Å². The van der Waals surface area contributed by atoms with Gasteiger partial charge in [-0.05, 0) is 60.9 Å². The van der Waals surface area contributed by atoms with E-state index in [-0.39, 0.29) is 18.7 Å². The summed E-state index contributed by atoms with van der Waals surface area (Å²) in [5, 5.41) is 0. The van der Waals surface area contributed by atoms with Crippen molar-refractivity contribution in [1.29, 1.82) is 0 Å². The van der Waals surface area contributed by atoms with Gasteiger partial charge in [-0.1, -0.05) is 47.3 Å². The second kappa shape index (κ2) is 9.41. The molecule has 0 atom stereocenters. The highest BCUT2D eigenvalue weighted by Crippen LogP contribution is 2.34. The second-order valence-corrected chi connectivity index (χ2v) is 9.46. The van der Waals surface area contributed by atoms with Crippen LogP contribution in [0.3, 0.4) is 0 Å². The molecule has 1 saturated carbocycles. The molecule has 0 radical (unpaired) electrons. The van der Waals surface area contributed by atoms with Crippen LogP contribution < -0.4 is 9.47 Å². The predicted octanol–water partition coefficient (Wildman–Crippen LogP) is 6.00. The first kappa shape index (κ1) is 21.1. The van der Waals surface area contributed by atoms with Crippen molar-refractivity contribution in [2.24, 2.45) is 0 Å². The highest BCUT2D eigenvalue weighted by Gasteiger charge is 2.28. The molecule has 1 fully saturated rings.